The van der Waals surface area contributed by atoms with Gasteiger partial charge >= 0.3 is 17.7 Å². The zero-order valence-corrected chi connectivity index (χ0v) is 14.6. The molecule has 0 saturated carbocycles. The molecule has 0 amide bonds. The fraction of sp³-hybridized carbons (Fsp3) is 0.875. The molecule has 1 unspecified atom stereocenters. The Morgan fingerprint density at radius 1 is 0.826 bits per heavy atom. The second-order valence-electron chi connectivity index (χ2n) is 5.24. The van der Waals surface area contributed by atoms with E-state index in [1.807, 2.05) is 13.8 Å². The van der Waals surface area contributed by atoms with Gasteiger partial charge in [-0.3, -0.25) is 0 Å². The van der Waals surface area contributed by atoms with Crippen molar-refractivity contribution in [1.29, 1.82) is 0 Å². The number of carboxylic acid groups (broad SMARTS) is 2. The number of ether oxygens (including phenoxy) is 3. The van der Waals surface area contributed by atoms with E-state index < -0.39 is 23.3 Å². The molecular weight excluding hydrogens is 304 g/mol. The van der Waals surface area contributed by atoms with E-state index in [-0.39, 0.29) is 26.2 Å². The van der Waals surface area contributed by atoms with E-state index in [0.29, 0.717) is 12.8 Å². The predicted molar refractivity (Wildman–Crippen MR) is 84.4 cm³/mol. The molecule has 7 nitrogen and oxygen atoms in total. The Morgan fingerprint density at radius 3 is 1.57 bits per heavy atom. The van der Waals surface area contributed by atoms with Crippen molar-refractivity contribution in [1.82, 2.24) is 0 Å². The first-order valence-electron chi connectivity index (χ1n) is 8.27. The number of hydrogen-bond donors (Lipinski definition) is 2. The first-order valence-corrected chi connectivity index (χ1v) is 8.27. The standard InChI is InChI=1S/C16H30O7/c1-5-9-11-22-16(14(19)20,23-12-10-6-2)15(7-3,13(17)18)21-8-4/h5-12H2,1-4H3,(H,17,18)(H,19,20). The summed E-state index contributed by atoms with van der Waals surface area (Å²) in [5, 5.41) is 19.5. The van der Waals surface area contributed by atoms with Crippen LogP contribution in [-0.4, -0.2) is 53.4 Å². The average Bonchev–Trinajstić information content (AvgIpc) is 2.51. The Balaban J connectivity index is 5.86. The van der Waals surface area contributed by atoms with Crippen molar-refractivity contribution in [3.05, 3.63) is 0 Å². The van der Waals surface area contributed by atoms with E-state index in [4.69, 9.17) is 14.2 Å². The van der Waals surface area contributed by atoms with Crippen molar-refractivity contribution in [2.24, 2.45) is 0 Å². The van der Waals surface area contributed by atoms with Crippen molar-refractivity contribution in [2.45, 2.75) is 71.2 Å². The third kappa shape index (κ3) is 4.89. The molecule has 1 atom stereocenters. The van der Waals surface area contributed by atoms with Crippen LogP contribution >= 0.6 is 0 Å². The summed E-state index contributed by atoms with van der Waals surface area (Å²) in [5.74, 6) is -5.26. The second kappa shape index (κ2) is 10.6. The van der Waals surface area contributed by atoms with Gasteiger partial charge in [-0.1, -0.05) is 33.6 Å². The van der Waals surface area contributed by atoms with E-state index >= 15 is 0 Å². The molecule has 0 aliphatic heterocycles. The summed E-state index contributed by atoms with van der Waals surface area (Å²) >= 11 is 0. The number of carbonyl (C=O) groups is 2. The molecule has 0 aliphatic carbocycles. The lowest BCUT2D eigenvalue weighted by Crippen LogP contribution is -2.67. The largest absolute Gasteiger partial charge is 0.479 e. The molecule has 0 heterocycles. The Kier molecular flexibility index (Phi) is 10.0. The number of unbranched alkanes of at least 4 members (excludes halogenated alkanes) is 2. The third-order valence-corrected chi connectivity index (χ3v) is 3.65. The fourth-order valence-electron chi connectivity index (χ4n) is 2.32. The highest BCUT2D eigenvalue weighted by Gasteiger charge is 2.65. The molecule has 7 heteroatoms. The molecule has 136 valence electrons. The molecule has 0 aromatic heterocycles. The Hall–Kier alpha value is -1.18. The minimum Gasteiger partial charge on any atom is -0.479 e. The summed E-state index contributed by atoms with van der Waals surface area (Å²) < 4.78 is 16.4. The smallest absolute Gasteiger partial charge is 0.368 e. The van der Waals surface area contributed by atoms with Crippen LogP contribution in [0.4, 0.5) is 0 Å². The van der Waals surface area contributed by atoms with E-state index in [1.165, 1.54) is 0 Å². The molecule has 0 spiro atoms. The van der Waals surface area contributed by atoms with Crippen LogP contribution in [0.15, 0.2) is 0 Å². The van der Waals surface area contributed by atoms with Gasteiger partial charge in [0.15, 0.2) is 0 Å². The SMILES string of the molecule is CCCCOC(OCCCC)(C(=O)O)C(CC)(OCC)C(=O)O. The topological polar surface area (TPSA) is 102 Å². The van der Waals surface area contributed by atoms with Gasteiger partial charge in [0.2, 0.25) is 5.60 Å². The summed E-state index contributed by atoms with van der Waals surface area (Å²) in [4.78, 5) is 23.9. The normalized spacial score (nSPS) is 14.4. The van der Waals surface area contributed by atoms with Crippen molar-refractivity contribution in [2.75, 3.05) is 19.8 Å². The van der Waals surface area contributed by atoms with Crippen molar-refractivity contribution in [3.63, 3.8) is 0 Å². The van der Waals surface area contributed by atoms with Gasteiger partial charge in [0, 0.05) is 6.61 Å². The van der Waals surface area contributed by atoms with Crippen molar-refractivity contribution in [3.8, 4) is 0 Å². The molecule has 0 aromatic rings. The van der Waals surface area contributed by atoms with Crippen molar-refractivity contribution >= 4 is 11.9 Å². The first kappa shape index (κ1) is 21.8. The second-order valence-corrected chi connectivity index (χ2v) is 5.24. The van der Waals surface area contributed by atoms with E-state index in [2.05, 4.69) is 0 Å². The van der Waals surface area contributed by atoms with Gasteiger partial charge in [-0.05, 0) is 26.2 Å². The molecule has 0 aliphatic rings. The zero-order chi connectivity index (χ0) is 17.9. The minimum atomic E-state index is -2.37. The summed E-state index contributed by atoms with van der Waals surface area (Å²) in [6.45, 7) is 7.20. The molecule has 23 heavy (non-hydrogen) atoms. The molecule has 0 fully saturated rings. The van der Waals surface area contributed by atoms with E-state index in [0.717, 1.165) is 12.8 Å². The number of rotatable bonds is 14. The lowest BCUT2D eigenvalue weighted by Gasteiger charge is -2.42. The van der Waals surface area contributed by atoms with Crippen LogP contribution in [0.3, 0.4) is 0 Å². The summed E-state index contributed by atoms with van der Waals surface area (Å²) in [7, 11) is 0. The van der Waals surface area contributed by atoms with Gasteiger partial charge in [0.25, 0.3) is 0 Å². The minimum absolute atomic E-state index is 0.0312. The number of carboxylic acids is 2. The quantitative estimate of drug-likeness (QED) is 0.372. The Morgan fingerprint density at radius 2 is 1.30 bits per heavy atom. The van der Waals surface area contributed by atoms with Gasteiger partial charge in [-0.2, -0.15) is 0 Å². The molecule has 0 saturated heterocycles. The summed E-state index contributed by atoms with van der Waals surface area (Å²) in [6, 6.07) is 0. The van der Waals surface area contributed by atoms with Crippen LogP contribution in [0.5, 0.6) is 0 Å². The fourth-order valence-corrected chi connectivity index (χ4v) is 2.32. The molecule has 0 radical (unpaired) electrons. The monoisotopic (exact) mass is 334 g/mol. The van der Waals surface area contributed by atoms with Crippen LogP contribution < -0.4 is 0 Å². The average molecular weight is 334 g/mol. The van der Waals surface area contributed by atoms with Gasteiger partial charge in [0.1, 0.15) is 0 Å². The van der Waals surface area contributed by atoms with Gasteiger partial charge < -0.3 is 24.4 Å². The predicted octanol–water partition coefficient (Wildman–Crippen LogP) is 2.67. The van der Waals surface area contributed by atoms with E-state index in [9.17, 15) is 19.8 Å². The maximum absolute atomic E-state index is 12.0. The lowest BCUT2D eigenvalue weighted by molar-refractivity contribution is -0.317. The number of aliphatic carboxylic acids is 2. The highest BCUT2D eigenvalue weighted by molar-refractivity contribution is 5.90. The van der Waals surface area contributed by atoms with Gasteiger partial charge in [0.05, 0.1) is 13.2 Å². The van der Waals surface area contributed by atoms with Crippen LogP contribution in [-0.2, 0) is 23.8 Å². The zero-order valence-electron chi connectivity index (χ0n) is 14.6. The van der Waals surface area contributed by atoms with Crippen LogP contribution in [0.1, 0.15) is 59.8 Å². The molecule has 0 aromatic carbocycles. The lowest BCUT2D eigenvalue weighted by atomic mass is 9.88. The van der Waals surface area contributed by atoms with Crippen LogP contribution in [0.25, 0.3) is 0 Å². The Labute approximate surface area is 137 Å². The van der Waals surface area contributed by atoms with Crippen molar-refractivity contribution < 1.29 is 34.0 Å². The molecule has 0 bridgehead atoms. The molecule has 2 N–H and O–H groups in total. The van der Waals surface area contributed by atoms with Crippen LogP contribution in [0, 0.1) is 0 Å². The third-order valence-electron chi connectivity index (χ3n) is 3.65. The Bertz CT molecular complexity index is 359. The highest BCUT2D eigenvalue weighted by Crippen LogP contribution is 2.36. The van der Waals surface area contributed by atoms with Crippen LogP contribution in [0.2, 0.25) is 0 Å². The van der Waals surface area contributed by atoms with Gasteiger partial charge in [-0.25, -0.2) is 9.59 Å². The number of hydrogen-bond acceptors (Lipinski definition) is 5. The van der Waals surface area contributed by atoms with Gasteiger partial charge in [-0.15, -0.1) is 0 Å². The molecular formula is C16H30O7. The van der Waals surface area contributed by atoms with E-state index in [1.54, 1.807) is 13.8 Å². The summed E-state index contributed by atoms with van der Waals surface area (Å²) in [6.07, 6.45) is 2.66. The molecule has 0 rings (SSSR count). The maximum atomic E-state index is 12.0. The first-order chi connectivity index (χ1) is 10.9. The highest BCUT2D eigenvalue weighted by atomic mass is 16.7. The maximum Gasteiger partial charge on any atom is 0.368 e. The summed E-state index contributed by atoms with van der Waals surface area (Å²) in [5.41, 5.74) is -2.10.